The molecule has 3 N–H and O–H groups in total. The first-order chi connectivity index (χ1) is 8.04. The summed E-state index contributed by atoms with van der Waals surface area (Å²) >= 11 is 0. The zero-order valence-corrected chi connectivity index (χ0v) is 10.6. The molecule has 1 aromatic heterocycles. The Hall–Kier alpha value is -1.97. The molecule has 0 amide bonds. The Morgan fingerprint density at radius 1 is 1.18 bits per heavy atom. The van der Waals surface area contributed by atoms with Crippen LogP contribution >= 0.6 is 0 Å². The normalized spacial score (nSPS) is 10.6. The van der Waals surface area contributed by atoms with E-state index in [9.17, 15) is 0 Å². The summed E-state index contributed by atoms with van der Waals surface area (Å²) in [7, 11) is 1.68. The molecule has 2 aromatic rings. The van der Waals surface area contributed by atoms with E-state index in [2.05, 4.69) is 16.9 Å². The summed E-state index contributed by atoms with van der Waals surface area (Å²) in [6.45, 7) is 6.08. The summed E-state index contributed by atoms with van der Waals surface area (Å²) in [5, 5.41) is 0. The number of hydrogen-bond donors (Lipinski definition) is 2. The minimum absolute atomic E-state index is 0.449. The Morgan fingerprint density at radius 3 is 2.41 bits per heavy atom. The van der Waals surface area contributed by atoms with Gasteiger partial charge in [-0.1, -0.05) is 0 Å². The third-order valence-corrected chi connectivity index (χ3v) is 3.12. The number of nitrogens with one attached hydrogen (secondary N) is 1. The van der Waals surface area contributed by atoms with E-state index in [0.717, 1.165) is 28.3 Å². The molecule has 0 aliphatic heterocycles. The van der Waals surface area contributed by atoms with Crippen molar-refractivity contribution in [3.8, 4) is 17.0 Å². The van der Waals surface area contributed by atoms with Crippen molar-refractivity contribution >= 4 is 5.95 Å². The number of nitrogens with two attached hydrogens (primary N) is 1. The second-order valence-electron chi connectivity index (χ2n) is 4.16. The maximum Gasteiger partial charge on any atom is 0.198 e. The number of nitrogens with zero attached hydrogens (tertiary/aromatic N) is 1. The van der Waals surface area contributed by atoms with E-state index < -0.39 is 0 Å². The van der Waals surface area contributed by atoms with Gasteiger partial charge in [-0.2, -0.15) is 0 Å². The van der Waals surface area contributed by atoms with Crippen LogP contribution in [0.3, 0.4) is 0 Å². The maximum atomic E-state index is 5.67. The van der Waals surface area contributed by atoms with Crippen LogP contribution in [0.1, 0.15) is 16.8 Å². The molecule has 2 rings (SSSR count). The summed E-state index contributed by atoms with van der Waals surface area (Å²) in [6.07, 6.45) is 0. The molecule has 0 bridgehead atoms. The zero-order valence-electron chi connectivity index (χ0n) is 10.6. The number of imidazole rings is 1. The van der Waals surface area contributed by atoms with E-state index in [-0.39, 0.29) is 0 Å². The summed E-state index contributed by atoms with van der Waals surface area (Å²) in [6, 6.07) is 3.98. The number of anilines is 1. The highest BCUT2D eigenvalue weighted by molar-refractivity contribution is 5.70. The van der Waals surface area contributed by atoms with E-state index >= 15 is 0 Å². The van der Waals surface area contributed by atoms with E-state index in [4.69, 9.17) is 10.5 Å². The van der Waals surface area contributed by atoms with Gasteiger partial charge in [0.2, 0.25) is 0 Å². The number of nitrogen functional groups attached to an aromatic ring is 1. The minimum atomic E-state index is 0.449. The number of methoxy groups -OCH3 is 1. The smallest absolute Gasteiger partial charge is 0.198 e. The Balaban J connectivity index is 2.61. The molecule has 4 heteroatoms. The monoisotopic (exact) mass is 231 g/mol. The molecule has 1 heterocycles. The average molecular weight is 231 g/mol. The number of benzene rings is 1. The number of aromatic amines is 1. The second-order valence-corrected chi connectivity index (χ2v) is 4.16. The first-order valence-electron chi connectivity index (χ1n) is 5.51. The van der Waals surface area contributed by atoms with Gasteiger partial charge in [0, 0.05) is 11.3 Å². The van der Waals surface area contributed by atoms with Gasteiger partial charge in [-0.05, 0) is 44.0 Å². The van der Waals surface area contributed by atoms with Crippen LogP contribution in [-0.4, -0.2) is 17.1 Å². The van der Waals surface area contributed by atoms with Crippen LogP contribution in [0.4, 0.5) is 5.95 Å². The standard InChI is InChI=1S/C13H17N3O/c1-7-8(2)11(17-4)6-5-10(7)12-9(3)15-13(14)16-12/h5-6H,1-4H3,(H3,14,15,16). The Labute approximate surface area is 101 Å². The van der Waals surface area contributed by atoms with Gasteiger partial charge in [0.25, 0.3) is 0 Å². The lowest BCUT2D eigenvalue weighted by Crippen LogP contribution is -1.94. The fraction of sp³-hybridized carbons (Fsp3) is 0.308. The van der Waals surface area contributed by atoms with Crippen LogP contribution in [-0.2, 0) is 0 Å². The molecule has 0 fully saturated rings. The van der Waals surface area contributed by atoms with Crippen LogP contribution < -0.4 is 10.5 Å². The van der Waals surface area contributed by atoms with Crippen molar-refractivity contribution in [2.75, 3.05) is 12.8 Å². The van der Waals surface area contributed by atoms with Crippen molar-refractivity contribution in [3.63, 3.8) is 0 Å². The molecule has 1 aromatic carbocycles. The Morgan fingerprint density at radius 2 is 1.88 bits per heavy atom. The number of H-pyrrole nitrogens is 1. The van der Waals surface area contributed by atoms with Gasteiger partial charge in [0.15, 0.2) is 5.95 Å². The molecule has 0 saturated heterocycles. The van der Waals surface area contributed by atoms with Gasteiger partial charge in [-0.3, -0.25) is 0 Å². The van der Waals surface area contributed by atoms with Gasteiger partial charge >= 0.3 is 0 Å². The third-order valence-electron chi connectivity index (χ3n) is 3.12. The highest BCUT2D eigenvalue weighted by Crippen LogP contribution is 2.31. The summed E-state index contributed by atoms with van der Waals surface area (Å²) in [4.78, 5) is 7.34. The first-order valence-corrected chi connectivity index (χ1v) is 5.51. The predicted molar refractivity (Wildman–Crippen MR) is 69.2 cm³/mol. The Bertz CT molecular complexity index is 558. The fourth-order valence-corrected chi connectivity index (χ4v) is 2.02. The van der Waals surface area contributed by atoms with E-state index in [1.165, 1.54) is 5.56 Å². The molecule has 0 saturated carbocycles. The molecule has 0 unspecified atom stereocenters. The van der Waals surface area contributed by atoms with Crippen molar-refractivity contribution in [2.45, 2.75) is 20.8 Å². The van der Waals surface area contributed by atoms with Crippen molar-refractivity contribution < 1.29 is 4.74 Å². The zero-order chi connectivity index (χ0) is 12.6. The number of rotatable bonds is 2. The molecular formula is C13H17N3O. The summed E-state index contributed by atoms with van der Waals surface area (Å²) in [5.41, 5.74) is 10.9. The third kappa shape index (κ3) is 1.86. The molecule has 0 aliphatic rings. The van der Waals surface area contributed by atoms with Crippen molar-refractivity contribution in [2.24, 2.45) is 0 Å². The lowest BCUT2D eigenvalue weighted by Gasteiger charge is -2.11. The maximum absolute atomic E-state index is 5.67. The van der Waals surface area contributed by atoms with Crippen LogP contribution in [0, 0.1) is 20.8 Å². The van der Waals surface area contributed by atoms with Crippen LogP contribution in [0.5, 0.6) is 5.75 Å². The molecule has 4 nitrogen and oxygen atoms in total. The van der Waals surface area contributed by atoms with Crippen molar-refractivity contribution in [1.82, 2.24) is 9.97 Å². The van der Waals surface area contributed by atoms with Gasteiger partial charge < -0.3 is 15.5 Å². The molecular weight excluding hydrogens is 214 g/mol. The lowest BCUT2D eigenvalue weighted by atomic mass is 9.99. The first kappa shape index (κ1) is 11.5. The van der Waals surface area contributed by atoms with E-state index in [0.29, 0.717) is 5.95 Å². The number of hydrogen-bond acceptors (Lipinski definition) is 3. The fourth-order valence-electron chi connectivity index (χ4n) is 2.02. The molecule has 0 radical (unpaired) electrons. The topological polar surface area (TPSA) is 63.9 Å². The van der Waals surface area contributed by atoms with Crippen LogP contribution in [0.15, 0.2) is 12.1 Å². The van der Waals surface area contributed by atoms with Gasteiger partial charge in [-0.25, -0.2) is 4.98 Å². The molecule has 0 spiro atoms. The minimum Gasteiger partial charge on any atom is -0.496 e. The highest BCUT2D eigenvalue weighted by atomic mass is 16.5. The summed E-state index contributed by atoms with van der Waals surface area (Å²) in [5.74, 6) is 1.35. The predicted octanol–water partition coefficient (Wildman–Crippen LogP) is 2.59. The SMILES string of the molecule is COc1ccc(-c2nc(N)[nH]c2C)c(C)c1C. The van der Waals surface area contributed by atoms with E-state index in [1.54, 1.807) is 7.11 Å². The number of aromatic nitrogens is 2. The van der Waals surface area contributed by atoms with Crippen LogP contribution in [0.2, 0.25) is 0 Å². The average Bonchev–Trinajstić information content (AvgIpc) is 2.62. The molecule has 0 atom stereocenters. The number of aryl methyl sites for hydroxylation is 1. The van der Waals surface area contributed by atoms with E-state index in [1.807, 2.05) is 26.0 Å². The van der Waals surface area contributed by atoms with Gasteiger partial charge in [0.1, 0.15) is 5.75 Å². The lowest BCUT2D eigenvalue weighted by molar-refractivity contribution is 0.411. The van der Waals surface area contributed by atoms with Crippen molar-refractivity contribution in [1.29, 1.82) is 0 Å². The van der Waals surface area contributed by atoms with Crippen LogP contribution in [0.25, 0.3) is 11.3 Å². The van der Waals surface area contributed by atoms with Gasteiger partial charge in [0.05, 0.1) is 12.8 Å². The Kier molecular flexibility index (Phi) is 2.79. The number of ether oxygens (including phenoxy) is 1. The largest absolute Gasteiger partial charge is 0.496 e. The quantitative estimate of drug-likeness (QED) is 0.835. The van der Waals surface area contributed by atoms with Crippen molar-refractivity contribution in [3.05, 3.63) is 29.0 Å². The second kappa shape index (κ2) is 4.13. The molecule has 0 aliphatic carbocycles. The molecule has 90 valence electrons. The van der Waals surface area contributed by atoms with Gasteiger partial charge in [-0.15, -0.1) is 0 Å². The molecule has 17 heavy (non-hydrogen) atoms. The summed E-state index contributed by atoms with van der Waals surface area (Å²) < 4.78 is 5.30. The highest BCUT2D eigenvalue weighted by Gasteiger charge is 2.13.